The molecular formula is C10H19N3. The number of rotatable bonds is 6. The smallest absolute Gasteiger partial charge is 0.200 e. The lowest BCUT2D eigenvalue weighted by Crippen LogP contribution is -2.02. The summed E-state index contributed by atoms with van der Waals surface area (Å²) in [6, 6.07) is 0. The van der Waals surface area contributed by atoms with Gasteiger partial charge in [0.2, 0.25) is 0 Å². The number of hydrogen-bond donors (Lipinski definition) is 1. The van der Waals surface area contributed by atoms with Gasteiger partial charge < -0.3 is 10.3 Å². The first kappa shape index (κ1) is 10.1. The minimum Gasteiger partial charge on any atom is -0.369 e. The molecule has 13 heavy (non-hydrogen) atoms. The van der Waals surface area contributed by atoms with E-state index in [0.29, 0.717) is 5.95 Å². The molecule has 1 heterocycles. The molecule has 0 aromatic carbocycles. The Bertz CT molecular complexity index is 230. The Morgan fingerprint density at radius 2 is 2.08 bits per heavy atom. The van der Waals surface area contributed by atoms with Gasteiger partial charge in [-0.05, 0) is 6.42 Å². The highest BCUT2D eigenvalue weighted by atomic mass is 15.1. The van der Waals surface area contributed by atoms with E-state index in [1.165, 1.54) is 32.1 Å². The number of aryl methyl sites for hydroxylation is 1. The summed E-state index contributed by atoms with van der Waals surface area (Å²) >= 11 is 0. The van der Waals surface area contributed by atoms with Crippen LogP contribution in [0.1, 0.15) is 39.0 Å². The highest BCUT2D eigenvalue weighted by molar-refractivity contribution is 5.16. The maximum atomic E-state index is 5.63. The number of hydrogen-bond acceptors (Lipinski definition) is 2. The fourth-order valence-corrected chi connectivity index (χ4v) is 1.42. The molecule has 0 unspecified atom stereocenters. The molecular weight excluding hydrogens is 162 g/mol. The van der Waals surface area contributed by atoms with Crippen LogP contribution in [0.15, 0.2) is 12.4 Å². The number of nitrogens with zero attached hydrogens (tertiary/aromatic N) is 2. The molecule has 0 radical (unpaired) electrons. The summed E-state index contributed by atoms with van der Waals surface area (Å²) in [7, 11) is 0. The second-order valence-corrected chi connectivity index (χ2v) is 3.39. The molecule has 0 saturated carbocycles. The van der Waals surface area contributed by atoms with Crippen LogP contribution in [-0.2, 0) is 6.54 Å². The quantitative estimate of drug-likeness (QED) is 0.685. The first-order valence-electron chi connectivity index (χ1n) is 5.11. The molecule has 0 aliphatic rings. The summed E-state index contributed by atoms with van der Waals surface area (Å²) in [5.74, 6) is 0.635. The molecule has 0 saturated heterocycles. The first-order chi connectivity index (χ1) is 6.34. The monoisotopic (exact) mass is 181 g/mol. The summed E-state index contributed by atoms with van der Waals surface area (Å²) in [4.78, 5) is 3.97. The molecule has 0 aliphatic heterocycles. The zero-order valence-electron chi connectivity index (χ0n) is 8.37. The fourth-order valence-electron chi connectivity index (χ4n) is 1.42. The Hall–Kier alpha value is -0.990. The van der Waals surface area contributed by atoms with E-state index in [0.717, 1.165) is 6.54 Å². The van der Waals surface area contributed by atoms with Crippen molar-refractivity contribution in [3.63, 3.8) is 0 Å². The van der Waals surface area contributed by atoms with Crippen molar-refractivity contribution >= 4 is 5.95 Å². The number of anilines is 1. The van der Waals surface area contributed by atoms with E-state index >= 15 is 0 Å². The van der Waals surface area contributed by atoms with Crippen molar-refractivity contribution in [1.29, 1.82) is 0 Å². The largest absolute Gasteiger partial charge is 0.369 e. The molecule has 3 nitrogen and oxygen atoms in total. The number of imidazole rings is 1. The summed E-state index contributed by atoms with van der Waals surface area (Å²) < 4.78 is 2.01. The minimum atomic E-state index is 0.635. The molecule has 1 aromatic heterocycles. The van der Waals surface area contributed by atoms with Gasteiger partial charge >= 0.3 is 0 Å². The zero-order valence-corrected chi connectivity index (χ0v) is 8.37. The number of nitrogen functional groups attached to an aromatic ring is 1. The summed E-state index contributed by atoms with van der Waals surface area (Å²) in [5, 5.41) is 0. The van der Waals surface area contributed by atoms with Crippen LogP contribution in [0.5, 0.6) is 0 Å². The summed E-state index contributed by atoms with van der Waals surface area (Å²) in [6.07, 6.45) is 10.2. The summed E-state index contributed by atoms with van der Waals surface area (Å²) in [6.45, 7) is 3.24. The van der Waals surface area contributed by atoms with Gasteiger partial charge in [0, 0.05) is 18.9 Å². The van der Waals surface area contributed by atoms with Crippen molar-refractivity contribution < 1.29 is 0 Å². The highest BCUT2D eigenvalue weighted by Crippen LogP contribution is 2.06. The van der Waals surface area contributed by atoms with Crippen LogP contribution in [0.3, 0.4) is 0 Å². The van der Waals surface area contributed by atoms with Crippen LogP contribution >= 0.6 is 0 Å². The van der Waals surface area contributed by atoms with E-state index in [2.05, 4.69) is 11.9 Å². The minimum absolute atomic E-state index is 0.635. The van der Waals surface area contributed by atoms with Crippen LogP contribution in [0.4, 0.5) is 5.95 Å². The van der Waals surface area contributed by atoms with Gasteiger partial charge in [0.1, 0.15) is 0 Å². The topological polar surface area (TPSA) is 43.8 Å². The lowest BCUT2D eigenvalue weighted by Gasteiger charge is -2.03. The first-order valence-corrected chi connectivity index (χ1v) is 5.11. The Morgan fingerprint density at radius 3 is 2.69 bits per heavy atom. The molecule has 0 amide bonds. The van der Waals surface area contributed by atoms with Gasteiger partial charge in [-0.3, -0.25) is 0 Å². The van der Waals surface area contributed by atoms with Crippen molar-refractivity contribution in [2.24, 2.45) is 0 Å². The van der Waals surface area contributed by atoms with Crippen molar-refractivity contribution in [2.45, 2.75) is 45.6 Å². The maximum Gasteiger partial charge on any atom is 0.200 e. The second-order valence-electron chi connectivity index (χ2n) is 3.39. The van der Waals surface area contributed by atoms with Gasteiger partial charge in [0.05, 0.1) is 0 Å². The van der Waals surface area contributed by atoms with E-state index in [1.807, 2.05) is 10.8 Å². The predicted octanol–water partition coefficient (Wildman–Crippen LogP) is 2.44. The molecule has 0 bridgehead atoms. The van der Waals surface area contributed by atoms with Crippen molar-refractivity contribution in [2.75, 3.05) is 5.73 Å². The number of unbranched alkanes of at least 4 members (excludes halogenated alkanes) is 4. The molecule has 0 spiro atoms. The van der Waals surface area contributed by atoms with Gasteiger partial charge in [-0.25, -0.2) is 4.98 Å². The fraction of sp³-hybridized carbons (Fsp3) is 0.700. The third kappa shape index (κ3) is 3.49. The number of nitrogens with two attached hydrogens (primary N) is 1. The van der Waals surface area contributed by atoms with Gasteiger partial charge in [0.15, 0.2) is 5.95 Å². The average Bonchev–Trinajstić information content (AvgIpc) is 2.52. The Balaban J connectivity index is 2.10. The second kappa shape index (κ2) is 5.62. The van der Waals surface area contributed by atoms with E-state index in [4.69, 9.17) is 5.73 Å². The van der Waals surface area contributed by atoms with E-state index in [9.17, 15) is 0 Å². The number of aromatic nitrogens is 2. The standard InChI is InChI=1S/C10H19N3/c1-2-3-4-5-6-8-13-9-7-12-10(13)11/h7,9H,2-6,8H2,1H3,(H2,11,12). The van der Waals surface area contributed by atoms with Crippen molar-refractivity contribution in [3.05, 3.63) is 12.4 Å². The molecule has 0 atom stereocenters. The molecule has 74 valence electrons. The van der Waals surface area contributed by atoms with E-state index in [-0.39, 0.29) is 0 Å². The molecule has 2 N–H and O–H groups in total. The SMILES string of the molecule is CCCCCCCn1ccnc1N. The van der Waals surface area contributed by atoms with Crippen LogP contribution in [0.2, 0.25) is 0 Å². The van der Waals surface area contributed by atoms with E-state index < -0.39 is 0 Å². The Kier molecular flexibility index (Phi) is 4.36. The average molecular weight is 181 g/mol. The van der Waals surface area contributed by atoms with Crippen LogP contribution < -0.4 is 5.73 Å². The molecule has 0 fully saturated rings. The summed E-state index contributed by atoms with van der Waals surface area (Å²) in [5.41, 5.74) is 5.63. The normalized spacial score (nSPS) is 10.5. The highest BCUT2D eigenvalue weighted by Gasteiger charge is 1.96. The van der Waals surface area contributed by atoms with Crippen LogP contribution in [0.25, 0.3) is 0 Å². The lowest BCUT2D eigenvalue weighted by molar-refractivity contribution is 0.572. The van der Waals surface area contributed by atoms with Gasteiger partial charge in [-0.1, -0.05) is 32.6 Å². The third-order valence-electron chi connectivity index (χ3n) is 2.25. The lowest BCUT2D eigenvalue weighted by atomic mass is 10.1. The third-order valence-corrected chi connectivity index (χ3v) is 2.25. The van der Waals surface area contributed by atoms with Crippen molar-refractivity contribution in [3.8, 4) is 0 Å². The van der Waals surface area contributed by atoms with E-state index in [1.54, 1.807) is 6.20 Å². The molecule has 1 rings (SSSR count). The van der Waals surface area contributed by atoms with Crippen molar-refractivity contribution in [1.82, 2.24) is 9.55 Å². The van der Waals surface area contributed by atoms with Gasteiger partial charge in [-0.2, -0.15) is 0 Å². The molecule has 1 aromatic rings. The van der Waals surface area contributed by atoms with Gasteiger partial charge in [-0.15, -0.1) is 0 Å². The van der Waals surface area contributed by atoms with Crippen LogP contribution in [-0.4, -0.2) is 9.55 Å². The van der Waals surface area contributed by atoms with Gasteiger partial charge in [0.25, 0.3) is 0 Å². The van der Waals surface area contributed by atoms with Crippen LogP contribution in [0, 0.1) is 0 Å². The predicted molar refractivity (Wildman–Crippen MR) is 55.4 cm³/mol. The maximum absolute atomic E-state index is 5.63. The molecule has 0 aliphatic carbocycles. The Morgan fingerprint density at radius 1 is 1.31 bits per heavy atom. The Labute approximate surface area is 80.0 Å². The molecule has 3 heteroatoms. The zero-order chi connectivity index (χ0) is 9.52.